The summed E-state index contributed by atoms with van der Waals surface area (Å²) in [6.45, 7) is 6.85. The van der Waals surface area contributed by atoms with Gasteiger partial charge >= 0.3 is 0 Å². The van der Waals surface area contributed by atoms with Crippen LogP contribution in [0.2, 0.25) is 0 Å². The first-order chi connectivity index (χ1) is 9.60. The topological polar surface area (TPSA) is 54.0 Å². The highest BCUT2D eigenvalue weighted by Crippen LogP contribution is 2.17. The monoisotopic (exact) mass is 269 g/mol. The van der Waals surface area contributed by atoms with Gasteiger partial charge in [-0.25, -0.2) is 4.98 Å². The molecule has 0 atom stereocenters. The number of rotatable bonds is 4. The predicted molar refractivity (Wildman–Crippen MR) is 82.3 cm³/mol. The average molecular weight is 269 g/mol. The molecule has 0 aliphatic heterocycles. The van der Waals surface area contributed by atoms with Crippen LogP contribution in [0.25, 0.3) is 0 Å². The van der Waals surface area contributed by atoms with Crippen molar-refractivity contribution in [2.45, 2.75) is 20.8 Å². The molecule has 0 saturated heterocycles. The van der Waals surface area contributed by atoms with E-state index in [9.17, 15) is 4.79 Å². The van der Waals surface area contributed by atoms with Crippen LogP contribution in [0.4, 0.5) is 11.4 Å². The van der Waals surface area contributed by atoms with Crippen molar-refractivity contribution in [3.8, 4) is 0 Å². The number of aromatic nitrogens is 1. The Morgan fingerprint density at radius 3 is 2.60 bits per heavy atom. The van der Waals surface area contributed by atoms with Crippen LogP contribution >= 0.6 is 0 Å². The second-order valence-corrected chi connectivity index (χ2v) is 4.73. The molecule has 0 radical (unpaired) electrons. The van der Waals surface area contributed by atoms with E-state index in [4.69, 9.17) is 0 Å². The van der Waals surface area contributed by atoms with Gasteiger partial charge in [-0.15, -0.1) is 0 Å². The number of carbonyl (C=O) groups excluding carboxylic acids is 1. The molecule has 0 saturated carbocycles. The van der Waals surface area contributed by atoms with Crippen molar-refractivity contribution in [2.75, 3.05) is 17.2 Å². The number of hydrogen-bond acceptors (Lipinski definition) is 3. The number of nitrogens with one attached hydrogen (secondary N) is 2. The van der Waals surface area contributed by atoms with E-state index in [1.807, 2.05) is 45.0 Å². The first kappa shape index (κ1) is 14.1. The first-order valence-electron chi connectivity index (χ1n) is 6.68. The minimum absolute atomic E-state index is 0.194. The van der Waals surface area contributed by atoms with Gasteiger partial charge < -0.3 is 10.6 Å². The summed E-state index contributed by atoms with van der Waals surface area (Å²) in [5, 5.41) is 6.03. The third kappa shape index (κ3) is 3.35. The van der Waals surface area contributed by atoms with Gasteiger partial charge in [-0.2, -0.15) is 0 Å². The number of benzene rings is 1. The van der Waals surface area contributed by atoms with Crippen LogP contribution in [0, 0.1) is 13.8 Å². The third-order valence-corrected chi connectivity index (χ3v) is 3.01. The quantitative estimate of drug-likeness (QED) is 0.894. The van der Waals surface area contributed by atoms with Crippen molar-refractivity contribution in [1.82, 2.24) is 4.98 Å². The van der Waals surface area contributed by atoms with E-state index in [1.165, 1.54) is 5.56 Å². The van der Waals surface area contributed by atoms with E-state index >= 15 is 0 Å². The van der Waals surface area contributed by atoms with Gasteiger partial charge in [0.15, 0.2) is 0 Å². The Labute approximate surface area is 119 Å². The Bertz CT molecular complexity index is 606. The normalized spacial score (nSPS) is 10.2. The molecule has 0 fully saturated rings. The maximum atomic E-state index is 12.1. The van der Waals surface area contributed by atoms with Crippen LogP contribution in [0.1, 0.15) is 28.5 Å². The number of amides is 1. The number of anilines is 2. The van der Waals surface area contributed by atoms with Gasteiger partial charge in [0, 0.05) is 12.2 Å². The van der Waals surface area contributed by atoms with E-state index in [-0.39, 0.29) is 5.91 Å². The lowest BCUT2D eigenvalue weighted by atomic mass is 10.1. The second-order valence-electron chi connectivity index (χ2n) is 4.73. The lowest BCUT2D eigenvalue weighted by Crippen LogP contribution is -2.14. The maximum absolute atomic E-state index is 12.1. The molecular formula is C16H19N3O. The summed E-state index contributed by atoms with van der Waals surface area (Å²) in [6.07, 6.45) is 1.67. The van der Waals surface area contributed by atoms with E-state index in [2.05, 4.69) is 15.6 Å². The van der Waals surface area contributed by atoms with Crippen molar-refractivity contribution >= 4 is 17.3 Å². The molecule has 0 aliphatic carbocycles. The van der Waals surface area contributed by atoms with E-state index in [0.717, 1.165) is 23.5 Å². The standard InChI is InChI=1S/C16H19N3O/c1-4-17-13-6-8-15(18-10-13)16(20)19-14-7-5-11(2)9-12(14)3/h5-10,17H,4H2,1-3H3,(H,19,20). The molecule has 2 rings (SSSR count). The fraction of sp³-hybridized carbons (Fsp3) is 0.250. The second kappa shape index (κ2) is 6.19. The smallest absolute Gasteiger partial charge is 0.274 e. The fourth-order valence-corrected chi connectivity index (χ4v) is 1.98. The molecule has 0 unspecified atom stereocenters. The molecule has 0 bridgehead atoms. The summed E-state index contributed by atoms with van der Waals surface area (Å²) in [7, 11) is 0. The number of nitrogens with zero attached hydrogens (tertiary/aromatic N) is 1. The van der Waals surface area contributed by atoms with Crippen LogP contribution in [0.5, 0.6) is 0 Å². The zero-order valence-corrected chi connectivity index (χ0v) is 12.0. The Morgan fingerprint density at radius 1 is 1.20 bits per heavy atom. The first-order valence-corrected chi connectivity index (χ1v) is 6.68. The Kier molecular flexibility index (Phi) is 4.35. The molecule has 2 aromatic rings. The molecule has 1 heterocycles. The van der Waals surface area contributed by atoms with E-state index < -0.39 is 0 Å². The third-order valence-electron chi connectivity index (χ3n) is 3.01. The molecule has 2 N–H and O–H groups in total. The van der Waals surface area contributed by atoms with Crippen molar-refractivity contribution in [1.29, 1.82) is 0 Å². The van der Waals surface area contributed by atoms with Crippen LogP contribution in [0.15, 0.2) is 36.5 Å². The number of carbonyl (C=O) groups is 1. The minimum atomic E-state index is -0.194. The largest absolute Gasteiger partial charge is 0.384 e. The molecule has 1 aromatic carbocycles. The summed E-state index contributed by atoms with van der Waals surface area (Å²) >= 11 is 0. The van der Waals surface area contributed by atoms with Crippen LogP contribution in [-0.4, -0.2) is 17.4 Å². The molecule has 4 heteroatoms. The van der Waals surface area contributed by atoms with Crippen molar-refractivity contribution in [2.24, 2.45) is 0 Å². The van der Waals surface area contributed by atoms with Crippen LogP contribution < -0.4 is 10.6 Å². The lowest BCUT2D eigenvalue weighted by molar-refractivity contribution is 0.102. The van der Waals surface area contributed by atoms with Gasteiger partial charge in [-0.3, -0.25) is 4.79 Å². The molecule has 1 aromatic heterocycles. The molecular weight excluding hydrogens is 250 g/mol. The highest BCUT2D eigenvalue weighted by Gasteiger charge is 2.09. The number of aryl methyl sites for hydroxylation is 2. The number of pyridine rings is 1. The Morgan fingerprint density at radius 2 is 2.00 bits per heavy atom. The SMILES string of the molecule is CCNc1ccc(C(=O)Nc2ccc(C)cc2C)nc1. The predicted octanol–water partition coefficient (Wildman–Crippen LogP) is 3.38. The molecule has 1 amide bonds. The molecule has 20 heavy (non-hydrogen) atoms. The average Bonchev–Trinajstić information content (AvgIpc) is 2.43. The van der Waals surface area contributed by atoms with E-state index in [1.54, 1.807) is 12.3 Å². The summed E-state index contributed by atoms with van der Waals surface area (Å²) in [5.74, 6) is -0.194. The molecule has 0 aliphatic rings. The summed E-state index contributed by atoms with van der Waals surface area (Å²) < 4.78 is 0. The molecule has 4 nitrogen and oxygen atoms in total. The van der Waals surface area contributed by atoms with E-state index in [0.29, 0.717) is 5.69 Å². The summed E-state index contributed by atoms with van der Waals surface area (Å²) in [5.41, 5.74) is 4.36. The Balaban J connectivity index is 2.11. The maximum Gasteiger partial charge on any atom is 0.274 e. The van der Waals surface area contributed by atoms with Crippen molar-refractivity contribution in [3.05, 3.63) is 53.3 Å². The van der Waals surface area contributed by atoms with Gasteiger partial charge in [-0.05, 0) is 44.5 Å². The summed E-state index contributed by atoms with van der Waals surface area (Å²) in [6, 6.07) is 9.50. The van der Waals surface area contributed by atoms with Gasteiger partial charge in [0.1, 0.15) is 5.69 Å². The highest BCUT2D eigenvalue weighted by molar-refractivity contribution is 6.03. The van der Waals surface area contributed by atoms with Gasteiger partial charge in [-0.1, -0.05) is 17.7 Å². The highest BCUT2D eigenvalue weighted by atomic mass is 16.1. The minimum Gasteiger partial charge on any atom is -0.384 e. The Hall–Kier alpha value is -2.36. The molecule has 104 valence electrons. The fourth-order valence-electron chi connectivity index (χ4n) is 1.98. The van der Waals surface area contributed by atoms with Gasteiger partial charge in [0.05, 0.1) is 11.9 Å². The van der Waals surface area contributed by atoms with Crippen molar-refractivity contribution in [3.63, 3.8) is 0 Å². The zero-order chi connectivity index (χ0) is 14.5. The van der Waals surface area contributed by atoms with Crippen molar-refractivity contribution < 1.29 is 4.79 Å². The van der Waals surface area contributed by atoms with Crippen LogP contribution in [0.3, 0.4) is 0 Å². The van der Waals surface area contributed by atoms with Gasteiger partial charge in [0.25, 0.3) is 5.91 Å². The van der Waals surface area contributed by atoms with Crippen LogP contribution in [-0.2, 0) is 0 Å². The summed E-state index contributed by atoms with van der Waals surface area (Å²) in [4.78, 5) is 16.3. The number of hydrogen-bond donors (Lipinski definition) is 2. The van der Waals surface area contributed by atoms with Gasteiger partial charge in [0.2, 0.25) is 0 Å². The zero-order valence-electron chi connectivity index (χ0n) is 12.0. The lowest BCUT2D eigenvalue weighted by Gasteiger charge is -2.09. The molecule has 0 spiro atoms.